The van der Waals surface area contributed by atoms with Crippen molar-refractivity contribution in [1.29, 1.82) is 0 Å². The highest BCUT2D eigenvalue weighted by molar-refractivity contribution is 8.13. The standard InChI is InChI=1S/C26H21ClN4O5S/c1-35-21-12-15(10-11-20(21)36-13-22(32)33)24-28-19-9-5-3-7-17(19)23-25(34)29-26(30-31(23)24)37-14-16-6-2-4-8-18(16)27/h2-12,24H,13-14H2,1H3,(H,32,33)(H,29,30,34). The van der Waals surface area contributed by atoms with Gasteiger partial charge in [-0.15, -0.1) is 5.10 Å². The van der Waals surface area contributed by atoms with Crippen LogP contribution in [-0.4, -0.2) is 40.9 Å². The van der Waals surface area contributed by atoms with Gasteiger partial charge in [-0.2, -0.15) is 0 Å². The van der Waals surface area contributed by atoms with Crippen LogP contribution in [0.25, 0.3) is 5.70 Å². The van der Waals surface area contributed by atoms with Crippen LogP contribution in [0.3, 0.4) is 0 Å². The van der Waals surface area contributed by atoms with Crippen molar-refractivity contribution in [3.63, 3.8) is 0 Å². The highest BCUT2D eigenvalue weighted by Crippen LogP contribution is 2.36. The maximum absolute atomic E-state index is 13.3. The molecule has 2 aliphatic rings. The number of amides is 1. The van der Waals surface area contributed by atoms with Crippen molar-refractivity contribution in [1.82, 2.24) is 10.3 Å². The van der Waals surface area contributed by atoms with Gasteiger partial charge >= 0.3 is 5.97 Å². The number of nitrogens with zero attached hydrogens (tertiary/aromatic N) is 3. The number of rotatable bonds is 7. The summed E-state index contributed by atoms with van der Waals surface area (Å²) in [6.45, 7) is -0.503. The fraction of sp³-hybridized carbons (Fsp3) is 0.154. The van der Waals surface area contributed by atoms with Crippen LogP contribution in [0.1, 0.15) is 17.3 Å². The Hall–Kier alpha value is -4.02. The maximum Gasteiger partial charge on any atom is 0.341 e. The Morgan fingerprint density at radius 1 is 1.14 bits per heavy atom. The van der Waals surface area contributed by atoms with Crippen molar-refractivity contribution in [2.24, 2.45) is 10.1 Å². The van der Waals surface area contributed by atoms with E-state index in [0.29, 0.717) is 43.5 Å². The number of carboxylic acid groups (broad SMARTS) is 1. The molecule has 2 heterocycles. The maximum atomic E-state index is 13.3. The number of hydrazone groups is 1. The average Bonchev–Trinajstić information content (AvgIpc) is 2.90. The van der Waals surface area contributed by atoms with Crippen molar-refractivity contribution >= 4 is 46.1 Å². The predicted octanol–water partition coefficient (Wildman–Crippen LogP) is 2.89. The molecule has 1 atom stereocenters. The molecule has 0 saturated heterocycles. The van der Waals surface area contributed by atoms with E-state index < -0.39 is 18.7 Å². The van der Waals surface area contributed by atoms with Crippen molar-refractivity contribution in [3.05, 3.63) is 93.5 Å². The van der Waals surface area contributed by atoms with Crippen molar-refractivity contribution < 1.29 is 24.2 Å². The molecule has 3 aromatic carbocycles. The first-order valence-electron chi connectivity index (χ1n) is 11.2. The molecule has 0 aliphatic carbocycles. The predicted molar refractivity (Wildman–Crippen MR) is 140 cm³/mol. The van der Waals surface area contributed by atoms with Crippen LogP contribution >= 0.6 is 23.4 Å². The third kappa shape index (κ3) is 5.11. The Morgan fingerprint density at radius 2 is 1.92 bits per heavy atom. The van der Waals surface area contributed by atoms with Gasteiger partial charge in [-0.25, -0.2) is 9.80 Å². The SMILES string of the molecule is COc1cc(C2N=c3ccccc3=C3C(=O)NC(SCc4ccccc4Cl)=NN32)ccc1OCC(=O)O. The monoisotopic (exact) mass is 536 g/mol. The number of thioether (sulfide) groups is 1. The Morgan fingerprint density at radius 3 is 2.70 bits per heavy atom. The van der Waals surface area contributed by atoms with Crippen LogP contribution in [0.2, 0.25) is 5.02 Å². The molecule has 0 fully saturated rings. The summed E-state index contributed by atoms with van der Waals surface area (Å²) in [6.07, 6.45) is -0.672. The summed E-state index contributed by atoms with van der Waals surface area (Å²) in [4.78, 5) is 29.1. The molecular weight excluding hydrogens is 516 g/mol. The first-order chi connectivity index (χ1) is 17.9. The molecule has 5 rings (SSSR count). The van der Waals surface area contributed by atoms with Crippen molar-refractivity contribution in [2.45, 2.75) is 11.9 Å². The number of fused-ring (bicyclic) bond motifs is 2. The van der Waals surface area contributed by atoms with Crippen LogP contribution in [0.5, 0.6) is 11.5 Å². The van der Waals surface area contributed by atoms with Crippen molar-refractivity contribution in [3.8, 4) is 11.5 Å². The molecule has 1 amide bonds. The van der Waals surface area contributed by atoms with Gasteiger partial charge in [-0.1, -0.05) is 65.8 Å². The fourth-order valence-corrected chi connectivity index (χ4v) is 5.11. The number of carbonyl (C=O) groups is 2. The summed E-state index contributed by atoms with van der Waals surface area (Å²) in [5.74, 6) is -0.251. The van der Waals surface area contributed by atoms with E-state index in [9.17, 15) is 9.59 Å². The molecule has 9 nitrogen and oxygen atoms in total. The molecule has 37 heavy (non-hydrogen) atoms. The number of amidine groups is 1. The smallest absolute Gasteiger partial charge is 0.341 e. The van der Waals surface area contributed by atoms with Gasteiger partial charge in [0, 0.05) is 21.6 Å². The Bertz CT molecular complexity index is 1540. The number of halogens is 1. The van der Waals surface area contributed by atoms with Gasteiger partial charge in [0.25, 0.3) is 5.91 Å². The molecule has 0 spiro atoms. The molecule has 2 aliphatic heterocycles. The highest BCUT2D eigenvalue weighted by Gasteiger charge is 2.34. The summed E-state index contributed by atoms with van der Waals surface area (Å²) in [5, 5.41) is 20.6. The van der Waals surface area contributed by atoms with Crippen LogP contribution in [-0.2, 0) is 15.3 Å². The first kappa shape index (κ1) is 24.7. The summed E-state index contributed by atoms with van der Waals surface area (Å²) in [6, 6.07) is 19.9. The number of methoxy groups -OCH3 is 1. The number of hydrogen-bond acceptors (Lipinski definition) is 8. The molecule has 11 heteroatoms. The molecule has 188 valence electrons. The zero-order valence-electron chi connectivity index (χ0n) is 19.6. The van der Waals surface area contributed by atoms with E-state index in [1.807, 2.05) is 48.5 Å². The summed E-state index contributed by atoms with van der Waals surface area (Å²) < 4.78 is 10.8. The lowest BCUT2D eigenvalue weighted by molar-refractivity contribution is -0.139. The van der Waals surface area contributed by atoms with E-state index in [0.717, 1.165) is 5.56 Å². The minimum absolute atomic E-state index is 0.282. The van der Waals surface area contributed by atoms with Gasteiger partial charge in [0.2, 0.25) is 0 Å². The number of carbonyl (C=O) groups excluding carboxylic acids is 1. The average molecular weight is 537 g/mol. The molecule has 2 N–H and O–H groups in total. The third-order valence-electron chi connectivity index (χ3n) is 5.67. The van der Waals surface area contributed by atoms with Gasteiger partial charge < -0.3 is 14.6 Å². The van der Waals surface area contributed by atoms with Crippen molar-refractivity contribution in [2.75, 3.05) is 13.7 Å². The van der Waals surface area contributed by atoms with E-state index in [1.165, 1.54) is 18.9 Å². The van der Waals surface area contributed by atoms with E-state index in [-0.39, 0.29) is 11.7 Å². The van der Waals surface area contributed by atoms with Crippen LogP contribution in [0.15, 0.2) is 76.8 Å². The minimum atomic E-state index is -1.10. The van der Waals surface area contributed by atoms with E-state index in [2.05, 4.69) is 5.32 Å². The van der Waals surface area contributed by atoms with E-state index in [4.69, 9.17) is 36.3 Å². The van der Waals surface area contributed by atoms with Gasteiger partial charge in [0.15, 0.2) is 29.4 Å². The van der Waals surface area contributed by atoms with Gasteiger partial charge in [0.05, 0.1) is 12.5 Å². The second-order valence-electron chi connectivity index (χ2n) is 8.05. The largest absolute Gasteiger partial charge is 0.493 e. The molecular formula is C26H21ClN4O5S. The second-order valence-corrected chi connectivity index (χ2v) is 9.42. The molecule has 0 saturated carbocycles. The molecule has 0 aromatic heterocycles. The second kappa shape index (κ2) is 10.5. The minimum Gasteiger partial charge on any atom is -0.493 e. The topological polar surface area (TPSA) is 113 Å². The third-order valence-corrected chi connectivity index (χ3v) is 6.96. The zero-order valence-corrected chi connectivity index (χ0v) is 21.1. The molecule has 1 unspecified atom stereocenters. The Balaban J connectivity index is 1.54. The Labute approximate surface area is 221 Å². The molecule has 0 bridgehead atoms. The van der Waals surface area contributed by atoms with Crippen LogP contribution in [0.4, 0.5) is 0 Å². The summed E-state index contributed by atoms with van der Waals surface area (Å²) in [7, 11) is 1.47. The number of para-hydroxylation sites is 1. The lowest BCUT2D eigenvalue weighted by atomic mass is 10.1. The van der Waals surface area contributed by atoms with E-state index >= 15 is 0 Å². The van der Waals surface area contributed by atoms with Gasteiger partial charge in [-0.05, 0) is 29.8 Å². The number of benzene rings is 3. The first-order valence-corrected chi connectivity index (χ1v) is 12.6. The number of nitrogens with one attached hydrogen (secondary N) is 1. The molecule has 0 radical (unpaired) electrons. The van der Waals surface area contributed by atoms with Crippen LogP contribution < -0.4 is 25.4 Å². The summed E-state index contributed by atoms with van der Waals surface area (Å²) >= 11 is 7.66. The Kier molecular flexibility index (Phi) is 7.02. The fourth-order valence-electron chi connectivity index (χ4n) is 3.97. The number of carboxylic acids is 1. The van der Waals surface area contributed by atoms with E-state index in [1.54, 1.807) is 23.2 Å². The number of aliphatic carboxylic acids is 1. The van der Waals surface area contributed by atoms with Crippen LogP contribution in [0, 0.1) is 0 Å². The molecule has 3 aromatic rings. The van der Waals surface area contributed by atoms with Gasteiger partial charge in [-0.3, -0.25) is 15.1 Å². The van der Waals surface area contributed by atoms with Gasteiger partial charge in [0.1, 0.15) is 5.70 Å². The number of ether oxygens (including phenoxy) is 2. The normalized spacial score (nSPS) is 16.1. The zero-order chi connectivity index (χ0) is 25.9. The quantitative estimate of drug-likeness (QED) is 0.477. The lowest BCUT2D eigenvalue weighted by Gasteiger charge is -2.34. The summed E-state index contributed by atoms with van der Waals surface area (Å²) in [5.41, 5.74) is 1.98. The highest BCUT2D eigenvalue weighted by atomic mass is 35.5. The lowest BCUT2D eigenvalue weighted by Crippen LogP contribution is -2.50. The number of hydrogen-bond donors (Lipinski definition) is 2.